The van der Waals surface area contributed by atoms with Gasteiger partial charge in [-0.3, -0.25) is 4.79 Å². The molecule has 24 heavy (non-hydrogen) atoms. The summed E-state index contributed by atoms with van der Waals surface area (Å²) in [5, 5.41) is 4.37. The third-order valence-electron chi connectivity index (χ3n) is 3.57. The van der Waals surface area contributed by atoms with Gasteiger partial charge < -0.3 is 9.15 Å². The van der Waals surface area contributed by atoms with Gasteiger partial charge in [-0.05, 0) is 25.1 Å². The maximum absolute atomic E-state index is 12.0. The molecule has 2 heterocycles. The van der Waals surface area contributed by atoms with Crippen LogP contribution in [0.5, 0.6) is 0 Å². The Morgan fingerprint density at radius 2 is 1.88 bits per heavy atom. The Bertz CT molecular complexity index is 923. The van der Waals surface area contributed by atoms with Crippen molar-refractivity contribution < 1.29 is 13.9 Å². The number of rotatable bonds is 4. The van der Waals surface area contributed by atoms with Crippen molar-refractivity contribution in [3.05, 3.63) is 76.0 Å². The number of furan rings is 1. The lowest BCUT2D eigenvalue weighted by atomic mass is 10.1. The molecule has 0 aliphatic rings. The van der Waals surface area contributed by atoms with Crippen LogP contribution in [0.2, 0.25) is 0 Å². The number of hydrogen-bond donors (Lipinski definition) is 0. The zero-order valence-electron chi connectivity index (χ0n) is 13.4. The van der Waals surface area contributed by atoms with Gasteiger partial charge in [-0.1, -0.05) is 29.8 Å². The van der Waals surface area contributed by atoms with Gasteiger partial charge in [0.1, 0.15) is 12.3 Å². The van der Waals surface area contributed by atoms with Crippen molar-refractivity contribution in [3.63, 3.8) is 0 Å². The van der Waals surface area contributed by atoms with Crippen LogP contribution in [0.1, 0.15) is 21.9 Å². The zero-order valence-corrected chi connectivity index (χ0v) is 13.4. The number of hydrogen-bond acceptors (Lipinski definition) is 5. The summed E-state index contributed by atoms with van der Waals surface area (Å²) < 4.78 is 11.3. The topological polar surface area (TPSA) is 74.3 Å². The summed E-state index contributed by atoms with van der Waals surface area (Å²) in [5.41, 5.74) is 2.51. The second-order valence-electron chi connectivity index (χ2n) is 5.34. The molecular formula is C18H16N2O4. The molecule has 6 heteroatoms. The van der Waals surface area contributed by atoms with Gasteiger partial charge in [0.2, 0.25) is 5.76 Å². The van der Waals surface area contributed by atoms with Gasteiger partial charge in [0, 0.05) is 11.6 Å². The first-order valence-electron chi connectivity index (χ1n) is 7.39. The molecule has 0 bridgehead atoms. The third-order valence-corrected chi connectivity index (χ3v) is 3.57. The molecule has 6 nitrogen and oxygen atoms in total. The second kappa shape index (κ2) is 6.54. The molecule has 0 fully saturated rings. The van der Waals surface area contributed by atoms with Gasteiger partial charge in [0.25, 0.3) is 5.56 Å². The first-order chi connectivity index (χ1) is 11.6. The molecule has 3 rings (SSSR count). The standard InChI is InChI=1S/C18H16N2O4/c1-12-3-5-13(6-4-12)15-8-10-17(21)20(19-15)11-14-7-9-16(24-14)18(22)23-2/h3-10H,11H2,1-2H3. The van der Waals surface area contributed by atoms with E-state index in [0.717, 1.165) is 11.1 Å². The van der Waals surface area contributed by atoms with Crippen molar-refractivity contribution in [1.82, 2.24) is 9.78 Å². The highest BCUT2D eigenvalue weighted by Crippen LogP contribution is 2.16. The summed E-state index contributed by atoms with van der Waals surface area (Å²) in [6.45, 7) is 2.14. The average Bonchev–Trinajstić information content (AvgIpc) is 3.05. The predicted molar refractivity (Wildman–Crippen MR) is 87.8 cm³/mol. The van der Waals surface area contributed by atoms with E-state index in [1.54, 1.807) is 12.1 Å². The molecular weight excluding hydrogens is 308 g/mol. The third kappa shape index (κ3) is 3.27. The van der Waals surface area contributed by atoms with Crippen molar-refractivity contribution in [1.29, 1.82) is 0 Å². The summed E-state index contributed by atoms with van der Waals surface area (Å²) in [6, 6.07) is 14.2. The highest BCUT2D eigenvalue weighted by molar-refractivity contribution is 5.86. The number of benzene rings is 1. The lowest BCUT2D eigenvalue weighted by Gasteiger charge is -2.06. The largest absolute Gasteiger partial charge is 0.463 e. The minimum atomic E-state index is -0.560. The summed E-state index contributed by atoms with van der Waals surface area (Å²) in [7, 11) is 1.28. The van der Waals surface area contributed by atoms with E-state index in [0.29, 0.717) is 11.5 Å². The molecule has 0 N–H and O–H groups in total. The molecule has 2 aromatic heterocycles. The normalized spacial score (nSPS) is 10.6. The number of aryl methyl sites for hydroxylation is 1. The number of carbonyl (C=O) groups excluding carboxylic acids is 1. The SMILES string of the molecule is COC(=O)c1ccc(Cn2nc(-c3ccc(C)cc3)ccc2=O)o1. The first kappa shape index (κ1) is 15.7. The van der Waals surface area contributed by atoms with Gasteiger partial charge in [-0.15, -0.1) is 0 Å². The number of methoxy groups -OCH3 is 1. The van der Waals surface area contributed by atoms with Crippen LogP contribution < -0.4 is 5.56 Å². The van der Waals surface area contributed by atoms with Crippen LogP contribution in [0.3, 0.4) is 0 Å². The van der Waals surface area contributed by atoms with Gasteiger partial charge in [0.15, 0.2) is 0 Å². The lowest BCUT2D eigenvalue weighted by molar-refractivity contribution is 0.0562. The molecule has 1 aromatic carbocycles. The van der Waals surface area contributed by atoms with E-state index < -0.39 is 5.97 Å². The molecule has 0 aliphatic carbocycles. The summed E-state index contributed by atoms with van der Waals surface area (Å²) >= 11 is 0. The van der Waals surface area contributed by atoms with Gasteiger partial charge >= 0.3 is 5.97 Å². The first-order valence-corrected chi connectivity index (χ1v) is 7.39. The van der Waals surface area contributed by atoms with E-state index in [-0.39, 0.29) is 17.9 Å². The summed E-state index contributed by atoms with van der Waals surface area (Å²) in [6.07, 6.45) is 0. The molecule has 0 radical (unpaired) electrons. The fourth-order valence-electron chi connectivity index (χ4n) is 2.26. The lowest BCUT2D eigenvalue weighted by Crippen LogP contribution is -2.22. The van der Waals surface area contributed by atoms with E-state index in [4.69, 9.17) is 4.42 Å². The predicted octanol–water partition coefficient (Wildman–Crippen LogP) is 2.65. The number of nitrogens with zero attached hydrogens (tertiary/aromatic N) is 2. The second-order valence-corrected chi connectivity index (χ2v) is 5.34. The molecule has 0 aliphatic heterocycles. The van der Waals surface area contributed by atoms with Gasteiger partial charge in [0.05, 0.1) is 12.8 Å². The van der Waals surface area contributed by atoms with Crippen LogP contribution in [0.4, 0.5) is 0 Å². The van der Waals surface area contributed by atoms with Crippen LogP contribution in [-0.2, 0) is 11.3 Å². The molecule has 0 atom stereocenters. The maximum Gasteiger partial charge on any atom is 0.373 e. The van der Waals surface area contributed by atoms with Gasteiger partial charge in [-0.25, -0.2) is 9.48 Å². The van der Waals surface area contributed by atoms with Crippen LogP contribution in [0, 0.1) is 6.92 Å². The zero-order chi connectivity index (χ0) is 17.1. The van der Waals surface area contributed by atoms with E-state index in [1.807, 2.05) is 31.2 Å². The van der Waals surface area contributed by atoms with Crippen molar-refractivity contribution in [2.45, 2.75) is 13.5 Å². The molecule has 0 unspecified atom stereocenters. The van der Waals surface area contributed by atoms with Gasteiger partial charge in [-0.2, -0.15) is 5.10 Å². The Kier molecular flexibility index (Phi) is 4.29. The quantitative estimate of drug-likeness (QED) is 0.690. The number of carbonyl (C=O) groups is 1. The van der Waals surface area contributed by atoms with Crippen LogP contribution in [0.25, 0.3) is 11.3 Å². The van der Waals surface area contributed by atoms with E-state index in [1.165, 1.54) is 23.9 Å². The minimum absolute atomic E-state index is 0.0928. The van der Waals surface area contributed by atoms with E-state index in [9.17, 15) is 9.59 Å². The number of ether oxygens (including phenoxy) is 1. The van der Waals surface area contributed by atoms with E-state index in [2.05, 4.69) is 9.84 Å². The molecule has 3 aromatic rings. The average molecular weight is 324 g/mol. The Hall–Kier alpha value is -3.15. The van der Waals surface area contributed by atoms with Crippen molar-refractivity contribution in [3.8, 4) is 11.3 Å². The molecule has 0 spiro atoms. The van der Waals surface area contributed by atoms with Crippen molar-refractivity contribution in [2.75, 3.05) is 7.11 Å². The molecule has 0 saturated heterocycles. The Morgan fingerprint density at radius 1 is 1.12 bits per heavy atom. The van der Waals surface area contributed by atoms with Crippen molar-refractivity contribution in [2.24, 2.45) is 0 Å². The van der Waals surface area contributed by atoms with Crippen LogP contribution in [-0.4, -0.2) is 22.9 Å². The van der Waals surface area contributed by atoms with Crippen molar-refractivity contribution >= 4 is 5.97 Å². The smallest absolute Gasteiger partial charge is 0.373 e. The highest BCUT2D eigenvalue weighted by Gasteiger charge is 2.12. The number of aromatic nitrogens is 2. The Labute approximate surface area is 138 Å². The molecule has 122 valence electrons. The highest BCUT2D eigenvalue weighted by atomic mass is 16.5. The van der Waals surface area contributed by atoms with E-state index >= 15 is 0 Å². The summed E-state index contributed by atoms with van der Waals surface area (Å²) in [4.78, 5) is 23.4. The number of esters is 1. The molecule has 0 saturated carbocycles. The fraction of sp³-hybridized carbons (Fsp3) is 0.167. The Morgan fingerprint density at radius 3 is 2.58 bits per heavy atom. The maximum atomic E-state index is 12.0. The molecule has 0 amide bonds. The summed E-state index contributed by atoms with van der Waals surface area (Å²) in [5.74, 6) is -0.0174. The van der Waals surface area contributed by atoms with Crippen LogP contribution >= 0.6 is 0 Å². The monoisotopic (exact) mass is 324 g/mol. The minimum Gasteiger partial charge on any atom is -0.463 e. The fourth-order valence-corrected chi connectivity index (χ4v) is 2.26. The Balaban J connectivity index is 1.89. The van der Waals surface area contributed by atoms with Crippen LogP contribution in [0.15, 0.2) is 57.7 Å².